The Morgan fingerprint density at radius 2 is 1.68 bits per heavy atom. The van der Waals surface area contributed by atoms with Crippen LogP contribution in [0.4, 0.5) is 0 Å². The minimum absolute atomic E-state index is 0.0232. The van der Waals surface area contributed by atoms with Gasteiger partial charge in [0.15, 0.2) is 0 Å². The normalized spacial score (nSPS) is 18.5. The van der Waals surface area contributed by atoms with Gasteiger partial charge in [-0.05, 0) is 95.4 Å². The van der Waals surface area contributed by atoms with Crippen LogP contribution in [0, 0.1) is 19.8 Å². The molecule has 1 amide bonds. The van der Waals surface area contributed by atoms with Crippen molar-refractivity contribution >= 4 is 15.9 Å². The molecule has 0 unspecified atom stereocenters. The molecule has 37 heavy (non-hydrogen) atoms. The highest BCUT2D eigenvalue weighted by Crippen LogP contribution is 2.27. The maximum absolute atomic E-state index is 13.1. The molecule has 1 aromatic rings. The molecule has 2 heterocycles. The lowest BCUT2D eigenvalue weighted by molar-refractivity contribution is -0.137. The number of amides is 1. The maximum Gasteiger partial charge on any atom is 0.248 e. The van der Waals surface area contributed by atoms with E-state index >= 15 is 0 Å². The summed E-state index contributed by atoms with van der Waals surface area (Å²) in [7, 11) is 1.63. The molecule has 2 aliphatic heterocycles. The highest BCUT2D eigenvalue weighted by Gasteiger charge is 2.26. The molecule has 0 atom stereocenters. The summed E-state index contributed by atoms with van der Waals surface area (Å²) < 4.78 is 38.3. The van der Waals surface area contributed by atoms with Crippen LogP contribution in [0.15, 0.2) is 17.0 Å². The number of piperazine rings is 1. The molecule has 0 radical (unpaired) electrons. The molecule has 2 saturated heterocycles. The van der Waals surface area contributed by atoms with E-state index in [4.69, 9.17) is 9.47 Å². The average Bonchev–Trinajstić information content (AvgIpc) is 2.87. The third kappa shape index (κ3) is 8.38. The van der Waals surface area contributed by atoms with Crippen LogP contribution in [0.1, 0.15) is 36.8 Å². The summed E-state index contributed by atoms with van der Waals surface area (Å²) in [6.07, 6.45) is 5.18. The number of nitrogens with zero attached hydrogens (tertiary/aromatic N) is 4. The molecule has 0 spiro atoms. The zero-order chi connectivity index (χ0) is 27.0. The minimum Gasteiger partial charge on any atom is -0.497 e. The first-order valence-electron chi connectivity index (χ1n) is 13.5. The van der Waals surface area contributed by atoms with Gasteiger partial charge in [-0.2, -0.15) is 4.31 Å². The number of benzene rings is 1. The van der Waals surface area contributed by atoms with Gasteiger partial charge in [-0.3, -0.25) is 9.69 Å². The van der Waals surface area contributed by atoms with Crippen molar-refractivity contribution in [2.24, 2.45) is 5.92 Å². The van der Waals surface area contributed by atoms with Crippen LogP contribution in [0.2, 0.25) is 0 Å². The second-order valence-electron chi connectivity index (χ2n) is 10.6. The smallest absolute Gasteiger partial charge is 0.248 e. The Kier molecular flexibility index (Phi) is 11.2. The molecule has 0 N–H and O–H groups in total. The van der Waals surface area contributed by atoms with E-state index in [9.17, 15) is 13.2 Å². The van der Waals surface area contributed by atoms with Crippen molar-refractivity contribution in [3.05, 3.63) is 23.3 Å². The Morgan fingerprint density at radius 3 is 2.27 bits per heavy atom. The van der Waals surface area contributed by atoms with Crippen molar-refractivity contribution in [3.63, 3.8) is 0 Å². The van der Waals surface area contributed by atoms with E-state index in [-0.39, 0.29) is 30.6 Å². The number of piperidine rings is 1. The van der Waals surface area contributed by atoms with E-state index in [2.05, 4.69) is 16.8 Å². The van der Waals surface area contributed by atoms with Crippen molar-refractivity contribution in [2.45, 2.75) is 44.4 Å². The first kappa shape index (κ1) is 29.8. The summed E-state index contributed by atoms with van der Waals surface area (Å²) in [6.45, 7) is 10.6. The van der Waals surface area contributed by atoms with Crippen molar-refractivity contribution in [1.29, 1.82) is 0 Å². The molecule has 0 bridgehead atoms. The lowest BCUT2D eigenvalue weighted by Crippen LogP contribution is -2.50. The Labute approximate surface area is 223 Å². The highest BCUT2D eigenvalue weighted by atomic mass is 32.2. The quantitative estimate of drug-likeness (QED) is 0.378. The summed E-state index contributed by atoms with van der Waals surface area (Å²) in [5, 5.41) is 0. The topological polar surface area (TPSA) is 82.6 Å². The van der Waals surface area contributed by atoms with Crippen LogP contribution in [0.5, 0.6) is 5.75 Å². The number of carbonyl (C=O) groups is 1. The van der Waals surface area contributed by atoms with Gasteiger partial charge in [0.2, 0.25) is 15.9 Å². The summed E-state index contributed by atoms with van der Waals surface area (Å²) in [5.74, 6) is 1.47. The number of likely N-dealkylation sites (tertiary alicyclic amines) is 1. The van der Waals surface area contributed by atoms with E-state index in [0.29, 0.717) is 16.9 Å². The summed E-state index contributed by atoms with van der Waals surface area (Å²) >= 11 is 0. The molecular weight excluding hydrogens is 492 g/mol. The molecule has 3 rings (SSSR count). The largest absolute Gasteiger partial charge is 0.497 e. The molecule has 210 valence electrons. The SMILES string of the molecule is COc1cc(C)c(S(=O)(=O)N(C)CCOCC(=O)N2CCN(CCCC3CCN(C)CC3)CC2)c(C)c1. The summed E-state index contributed by atoms with van der Waals surface area (Å²) in [4.78, 5) is 19.6. The van der Waals surface area contributed by atoms with Gasteiger partial charge in [-0.25, -0.2) is 8.42 Å². The molecule has 0 aliphatic carbocycles. The van der Waals surface area contributed by atoms with Crippen LogP contribution in [0.3, 0.4) is 0 Å². The van der Waals surface area contributed by atoms with Gasteiger partial charge in [-0.1, -0.05) is 0 Å². The van der Waals surface area contributed by atoms with Crippen molar-refractivity contribution in [2.75, 3.05) is 86.8 Å². The fourth-order valence-corrected chi connectivity index (χ4v) is 6.89. The highest BCUT2D eigenvalue weighted by molar-refractivity contribution is 7.89. The monoisotopic (exact) mass is 538 g/mol. The molecule has 2 fully saturated rings. The Hall–Kier alpha value is -1.72. The minimum atomic E-state index is -3.68. The van der Waals surface area contributed by atoms with E-state index in [1.54, 1.807) is 33.1 Å². The number of aryl methyl sites for hydroxylation is 2. The fourth-order valence-electron chi connectivity index (χ4n) is 5.33. The van der Waals surface area contributed by atoms with Gasteiger partial charge in [0, 0.05) is 39.8 Å². The molecule has 0 saturated carbocycles. The zero-order valence-corrected chi connectivity index (χ0v) is 24.2. The summed E-state index contributed by atoms with van der Waals surface area (Å²) in [5.41, 5.74) is 1.28. The molecular formula is C27H46N4O5S. The van der Waals surface area contributed by atoms with Gasteiger partial charge >= 0.3 is 0 Å². The molecule has 2 aliphatic rings. The molecule has 10 heteroatoms. The third-order valence-electron chi connectivity index (χ3n) is 7.76. The number of ether oxygens (including phenoxy) is 2. The summed E-state index contributed by atoms with van der Waals surface area (Å²) in [6, 6.07) is 3.44. The van der Waals surface area contributed by atoms with Gasteiger partial charge in [0.25, 0.3) is 0 Å². The zero-order valence-electron chi connectivity index (χ0n) is 23.4. The van der Waals surface area contributed by atoms with Crippen LogP contribution < -0.4 is 4.74 Å². The Bertz CT molecular complexity index is 964. The number of carbonyl (C=O) groups excluding carboxylic acids is 1. The van der Waals surface area contributed by atoms with Gasteiger partial charge in [-0.15, -0.1) is 0 Å². The van der Waals surface area contributed by atoms with E-state index in [0.717, 1.165) is 38.6 Å². The van der Waals surface area contributed by atoms with E-state index in [1.807, 2.05) is 4.90 Å². The first-order valence-corrected chi connectivity index (χ1v) is 14.9. The number of sulfonamides is 1. The first-order chi connectivity index (χ1) is 17.6. The average molecular weight is 539 g/mol. The number of rotatable bonds is 12. The molecule has 9 nitrogen and oxygen atoms in total. The van der Waals surface area contributed by atoms with Crippen LogP contribution in [-0.4, -0.2) is 120 Å². The second kappa shape index (κ2) is 13.9. The molecule has 0 aromatic heterocycles. The Balaban J connectivity index is 1.33. The number of methoxy groups -OCH3 is 1. The Morgan fingerprint density at radius 1 is 1.05 bits per heavy atom. The van der Waals surface area contributed by atoms with Crippen LogP contribution in [-0.2, 0) is 19.6 Å². The van der Waals surface area contributed by atoms with Gasteiger partial charge in [0.1, 0.15) is 12.4 Å². The number of hydrogen-bond donors (Lipinski definition) is 0. The third-order valence-corrected chi connectivity index (χ3v) is 9.93. The van der Waals surface area contributed by atoms with Crippen molar-refractivity contribution in [3.8, 4) is 5.75 Å². The molecule has 1 aromatic carbocycles. The number of likely N-dealkylation sites (N-methyl/N-ethyl adjacent to an activating group) is 1. The predicted molar refractivity (Wildman–Crippen MR) is 146 cm³/mol. The number of hydrogen-bond acceptors (Lipinski definition) is 7. The van der Waals surface area contributed by atoms with Crippen molar-refractivity contribution < 1.29 is 22.7 Å². The van der Waals surface area contributed by atoms with E-state index < -0.39 is 10.0 Å². The van der Waals surface area contributed by atoms with E-state index in [1.165, 1.54) is 50.1 Å². The standard InChI is InChI=1S/C27H46N4O5S/c1-22-19-25(35-5)20-23(2)27(22)37(33,34)29(4)17-18-36-21-26(32)31-15-13-30(14-16-31)10-6-7-24-8-11-28(3)12-9-24/h19-20,24H,6-18,21H2,1-5H3. The van der Waals surface area contributed by atoms with Gasteiger partial charge in [0.05, 0.1) is 18.6 Å². The van der Waals surface area contributed by atoms with Crippen molar-refractivity contribution in [1.82, 2.24) is 19.0 Å². The fraction of sp³-hybridized carbons (Fsp3) is 0.741. The maximum atomic E-state index is 13.1. The lowest BCUT2D eigenvalue weighted by Gasteiger charge is -2.35. The predicted octanol–water partition coefficient (Wildman–Crippen LogP) is 2.22. The lowest BCUT2D eigenvalue weighted by atomic mass is 9.92. The van der Waals surface area contributed by atoms with Crippen LogP contribution in [0.25, 0.3) is 0 Å². The second-order valence-corrected chi connectivity index (χ2v) is 12.6. The van der Waals surface area contributed by atoms with Gasteiger partial charge < -0.3 is 19.3 Å². The van der Waals surface area contributed by atoms with Crippen LogP contribution >= 0.6 is 0 Å².